The van der Waals surface area contributed by atoms with Gasteiger partial charge in [0.05, 0.1) is 11.7 Å². The van der Waals surface area contributed by atoms with Crippen molar-refractivity contribution >= 4 is 5.91 Å². The first-order valence-corrected chi connectivity index (χ1v) is 6.78. The molecule has 4 heteroatoms. The van der Waals surface area contributed by atoms with Gasteiger partial charge in [0, 0.05) is 19.0 Å². The average Bonchev–Trinajstić information content (AvgIpc) is 2.74. The number of hydrogen-bond donors (Lipinski definition) is 2. The van der Waals surface area contributed by atoms with Crippen molar-refractivity contribution in [3.8, 4) is 0 Å². The van der Waals surface area contributed by atoms with Crippen LogP contribution in [0, 0.1) is 5.92 Å². The summed E-state index contributed by atoms with van der Waals surface area (Å²) in [6, 6.07) is 0. The Kier molecular flexibility index (Phi) is 4.05. The van der Waals surface area contributed by atoms with Gasteiger partial charge in [0.1, 0.15) is 0 Å². The zero-order valence-electron chi connectivity index (χ0n) is 10.9. The van der Waals surface area contributed by atoms with Crippen LogP contribution in [0.25, 0.3) is 0 Å². The highest BCUT2D eigenvalue weighted by Crippen LogP contribution is 2.33. The van der Waals surface area contributed by atoms with Crippen molar-refractivity contribution < 1.29 is 9.53 Å². The standard InChI is InChI=1S/C13H24N2O2/c1-10(2)12(16)15-8-11-4-3-5-13(17-11)6-7-14-9-13/h10-11,14H,3-9H2,1-2H3,(H,15,16)/t11-,13-/m1/s1. The minimum absolute atomic E-state index is 0.0562. The molecule has 0 unspecified atom stereocenters. The van der Waals surface area contributed by atoms with Gasteiger partial charge in [-0.05, 0) is 32.2 Å². The lowest BCUT2D eigenvalue weighted by Gasteiger charge is -2.38. The predicted molar refractivity (Wildman–Crippen MR) is 66.8 cm³/mol. The van der Waals surface area contributed by atoms with Crippen molar-refractivity contribution in [1.82, 2.24) is 10.6 Å². The molecular weight excluding hydrogens is 216 g/mol. The van der Waals surface area contributed by atoms with Crippen molar-refractivity contribution in [3.05, 3.63) is 0 Å². The quantitative estimate of drug-likeness (QED) is 0.775. The Morgan fingerprint density at radius 1 is 1.53 bits per heavy atom. The zero-order chi connectivity index (χ0) is 12.3. The monoisotopic (exact) mass is 240 g/mol. The van der Waals surface area contributed by atoms with E-state index in [1.165, 1.54) is 6.42 Å². The van der Waals surface area contributed by atoms with Gasteiger partial charge in [-0.15, -0.1) is 0 Å². The molecule has 98 valence electrons. The maximum absolute atomic E-state index is 11.5. The molecular formula is C13H24N2O2. The van der Waals surface area contributed by atoms with E-state index in [0.717, 1.165) is 32.4 Å². The Hall–Kier alpha value is -0.610. The molecule has 2 N–H and O–H groups in total. The summed E-state index contributed by atoms with van der Waals surface area (Å²) in [7, 11) is 0. The highest BCUT2D eigenvalue weighted by Gasteiger charge is 2.39. The molecule has 0 bridgehead atoms. The van der Waals surface area contributed by atoms with Gasteiger partial charge in [0.2, 0.25) is 5.91 Å². The van der Waals surface area contributed by atoms with Gasteiger partial charge in [0.25, 0.3) is 0 Å². The molecule has 2 heterocycles. The molecule has 2 fully saturated rings. The number of nitrogens with one attached hydrogen (secondary N) is 2. The lowest BCUT2D eigenvalue weighted by Crippen LogP contribution is -2.46. The Labute approximate surface area is 103 Å². The lowest BCUT2D eigenvalue weighted by molar-refractivity contribution is -0.130. The van der Waals surface area contributed by atoms with Gasteiger partial charge in [-0.1, -0.05) is 13.8 Å². The van der Waals surface area contributed by atoms with E-state index in [1.807, 2.05) is 13.8 Å². The number of ether oxygens (including phenoxy) is 1. The number of hydrogen-bond acceptors (Lipinski definition) is 3. The van der Waals surface area contributed by atoms with Crippen molar-refractivity contribution in [1.29, 1.82) is 0 Å². The molecule has 2 saturated heterocycles. The van der Waals surface area contributed by atoms with E-state index in [0.29, 0.717) is 6.54 Å². The molecule has 1 amide bonds. The second kappa shape index (κ2) is 5.36. The summed E-state index contributed by atoms with van der Waals surface area (Å²) in [6.45, 7) is 6.53. The van der Waals surface area contributed by atoms with Gasteiger partial charge in [-0.25, -0.2) is 0 Å². The molecule has 4 nitrogen and oxygen atoms in total. The van der Waals surface area contributed by atoms with Crippen LogP contribution in [0.15, 0.2) is 0 Å². The van der Waals surface area contributed by atoms with Crippen LogP contribution in [-0.2, 0) is 9.53 Å². The maximum atomic E-state index is 11.5. The van der Waals surface area contributed by atoms with E-state index in [4.69, 9.17) is 4.74 Å². The van der Waals surface area contributed by atoms with Crippen LogP contribution in [0.5, 0.6) is 0 Å². The molecule has 0 aromatic heterocycles. The van der Waals surface area contributed by atoms with Crippen molar-refractivity contribution in [2.24, 2.45) is 5.92 Å². The van der Waals surface area contributed by atoms with Gasteiger partial charge in [-0.3, -0.25) is 4.79 Å². The van der Waals surface area contributed by atoms with Crippen LogP contribution >= 0.6 is 0 Å². The topological polar surface area (TPSA) is 50.4 Å². The molecule has 2 aliphatic rings. The van der Waals surface area contributed by atoms with Crippen molar-refractivity contribution in [2.45, 2.75) is 51.2 Å². The smallest absolute Gasteiger partial charge is 0.222 e. The molecule has 0 saturated carbocycles. The highest BCUT2D eigenvalue weighted by molar-refractivity contribution is 5.77. The fourth-order valence-corrected chi connectivity index (χ4v) is 2.72. The fourth-order valence-electron chi connectivity index (χ4n) is 2.72. The Morgan fingerprint density at radius 2 is 2.35 bits per heavy atom. The van der Waals surface area contributed by atoms with Crippen molar-refractivity contribution in [2.75, 3.05) is 19.6 Å². The summed E-state index contributed by atoms with van der Waals surface area (Å²) in [5.41, 5.74) is 0.0610. The van der Waals surface area contributed by atoms with Crippen molar-refractivity contribution in [3.63, 3.8) is 0 Å². The number of rotatable bonds is 3. The number of carbonyl (C=O) groups excluding carboxylic acids is 1. The number of amides is 1. The van der Waals surface area contributed by atoms with Crippen LogP contribution in [0.4, 0.5) is 0 Å². The highest BCUT2D eigenvalue weighted by atomic mass is 16.5. The van der Waals surface area contributed by atoms with Crippen LogP contribution in [0.1, 0.15) is 39.5 Å². The third kappa shape index (κ3) is 3.19. The largest absolute Gasteiger partial charge is 0.369 e. The summed E-state index contributed by atoms with van der Waals surface area (Å²) in [4.78, 5) is 11.5. The summed E-state index contributed by atoms with van der Waals surface area (Å²) < 4.78 is 6.19. The molecule has 1 spiro atoms. The number of carbonyl (C=O) groups is 1. The Bertz CT molecular complexity index is 273. The third-order valence-corrected chi connectivity index (χ3v) is 3.81. The second-order valence-electron chi connectivity index (χ2n) is 5.64. The minimum Gasteiger partial charge on any atom is -0.369 e. The normalized spacial score (nSPS) is 33.2. The maximum Gasteiger partial charge on any atom is 0.222 e. The SMILES string of the molecule is CC(C)C(=O)NC[C@H]1CCC[C@]2(CCNC2)O1. The first kappa shape index (κ1) is 12.8. The van der Waals surface area contributed by atoms with Crippen LogP contribution in [0.2, 0.25) is 0 Å². The molecule has 2 aliphatic heterocycles. The first-order chi connectivity index (χ1) is 8.11. The van der Waals surface area contributed by atoms with Gasteiger partial charge >= 0.3 is 0 Å². The summed E-state index contributed by atoms with van der Waals surface area (Å²) in [5.74, 6) is 0.179. The first-order valence-electron chi connectivity index (χ1n) is 6.78. The fraction of sp³-hybridized carbons (Fsp3) is 0.923. The van der Waals surface area contributed by atoms with E-state index in [-0.39, 0.29) is 23.5 Å². The van der Waals surface area contributed by atoms with E-state index < -0.39 is 0 Å². The van der Waals surface area contributed by atoms with Crippen LogP contribution in [-0.4, -0.2) is 37.2 Å². The summed E-state index contributed by atoms with van der Waals surface area (Å²) in [6.07, 6.45) is 4.76. The molecule has 2 rings (SSSR count). The lowest BCUT2D eigenvalue weighted by atomic mass is 9.90. The Morgan fingerprint density at radius 3 is 3.00 bits per heavy atom. The van der Waals surface area contributed by atoms with Gasteiger partial charge in [0.15, 0.2) is 0 Å². The molecule has 0 aromatic carbocycles. The van der Waals surface area contributed by atoms with E-state index >= 15 is 0 Å². The van der Waals surface area contributed by atoms with Crippen LogP contribution < -0.4 is 10.6 Å². The van der Waals surface area contributed by atoms with Crippen LogP contribution in [0.3, 0.4) is 0 Å². The van der Waals surface area contributed by atoms with E-state index in [2.05, 4.69) is 10.6 Å². The predicted octanol–water partition coefficient (Wildman–Crippen LogP) is 1.06. The summed E-state index contributed by atoms with van der Waals surface area (Å²) >= 11 is 0. The molecule has 0 radical (unpaired) electrons. The third-order valence-electron chi connectivity index (χ3n) is 3.81. The molecule has 0 aliphatic carbocycles. The van der Waals surface area contributed by atoms with Gasteiger partial charge in [-0.2, -0.15) is 0 Å². The second-order valence-corrected chi connectivity index (χ2v) is 5.64. The average molecular weight is 240 g/mol. The Balaban J connectivity index is 1.79. The zero-order valence-corrected chi connectivity index (χ0v) is 10.9. The van der Waals surface area contributed by atoms with Gasteiger partial charge < -0.3 is 15.4 Å². The minimum atomic E-state index is 0.0562. The molecule has 0 aromatic rings. The van der Waals surface area contributed by atoms with E-state index in [9.17, 15) is 4.79 Å². The molecule has 2 atom stereocenters. The van der Waals surface area contributed by atoms with E-state index in [1.54, 1.807) is 0 Å². The molecule has 17 heavy (non-hydrogen) atoms. The summed E-state index contributed by atoms with van der Waals surface area (Å²) in [5, 5.41) is 6.35.